The minimum absolute atomic E-state index is 0.0187. The summed E-state index contributed by atoms with van der Waals surface area (Å²) in [5, 5.41) is 38.1. The van der Waals surface area contributed by atoms with E-state index in [2.05, 4.69) is 4.90 Å². The average Bonchev–Trinajstić information content (AvgIpc) is 3.33. The lowest BCUT2D eigenvalue weighted by Crippen LogP contribution is -2.81. The summed E-state index contributed by atoms with van der Waals surface area (Å²) in [7, 11) is 4.66. The van der Waals surface area contributed by atoms with Crippen molar-refractivity contribution in [2.75, 3.05) is 41.0 Å². The molecule has 0 radical (unpaired) electrons. The third kappa shape index (κ3) is 2.99. The standard InChI is InChI=1S/C31H41NO9/c1-5-32-15-27(16-38-2)11-10-21(33)31-19-12-29(36)22(40-4)14-28(35,20(24(31)32)13-30(27,31)37)23(19)25(29)41-26(34)17-6-8-18(39-3)9-7-17/h6-9,19-20,22-25,35-37H,5,10-16H2,1-4H3/t19-,20+,22+,23-,24-,25-,27+,28+,29-,30+,31-/m1/s1. The Balaban J connectivity index is 1.39. The zero-order valence-electron chi connectivity index (χ0n) is 24.2. The van der Waals surface area contributed by atoms with E-state index in [1.807, 2.05) is 6.92 Å². The lowest BCUT2D eigenvalue weighted by molar-refractivity contribution is -0.280. The van der Waals surface area contributed by atoms with E-state index in [1.54, 1.807) is 31.4 Å². The number of benzene rings is 1. The summed E-state index contributed by atoms with van der Waals surface area (Å²) in [5.41, 5.74) is -6.12. The van der Waals surface area contributed by atoms with Gasteiger partial charge in [-0.05, 0) is 56.0 Å². The number of ether oxygens (including phenoxy) is 4. The molecule has 1 aromatic rings. The van der Waals surface area contributed by atoms with Crippen LogP contribution >= 0.6 is 0 Å². The fraction of sp³-hybridized carbons (Fsp3) is 0.742. The molecule has 1 saturated heterocycles. The molecule has 7 bridgehead atoms. The molecular weight excluding hydrogens is 530 g/mol. The second-order valence-electron chi connectivity index (χ2n) is 13.5. The van der Waals surface area contributed by atoms with Gasteiger partial charge in [0.05, 0.1) is 42.0 Å². The van der Waals surface area contributed by atoms with Crippen LogP contribution in [0.2, 0.25) is 0 Å². The number of ketones is 1. The highest BCUT2D eigenvalue weighted by Crippen LogP contribution is 2.80. The number of fused-ring (bicyclic) bond motifs is 2. The molecule has 6 fully saturated rings. The summed E-state index contributed by atoms with van der Waals surface area (Å²) in [5.74, 6) is -1.89. The molecule has 5 aliphatic carbocycles. The van der Waals surface area contributed by atoms with Gasteiger partial charge in [0.2, 0.25) is 0 Å². The minimum Gasteiger partial charge on any atom is -0.497 e. The predicted molar refractivity (Wildman–Crippen MR) is 144 cm³/mol. The van der Waals surface area contributed by atoms with E-state index in [1.165, 1.54) is 14.2 Å². The molecule has 10 nitrogen and oxygen atoms in total. The Labute approximate surface area is 239 Å². The highest BCUT2D eigenvalue weighted by molar-refractivity contribution is 5.91. The highest BCUT2D eigenvalue weighted by Gasteiger charge is 2.90. The number of methoxy groups -OCH3 is 3. The Hall–Kier alpha value is -2.08. The molecule has 5 saturated carbocycles. The number of likely N-dealkylation sites (tertiary alicyclic amines) is 1. The molecule has 10 heteroatoms. The first-order chi connectivity index (χ1) is 19.5. The lowest BCUT2D eigenvalue weighted by atomic mass is 9.42. The number of aliphatic hydroxyl groups is 3. The Morgan fingerprint density at radius 1 is 1.02 bits per heavy atom. The van der Waals surface area contributed by atoms with Gasteiger partial charge in [-0.3, -0.25) is 9.69 Å². The van der Waals surface area contributed by atoms with Crippen molar-refractivity contribution in [1.29, 1.82) is 0 Å². The van der Waals surface area contributed by atoms with Gasteiger partial charge < -0.3 is 34.3 Å². The predicted octanol–water partition coefficient (Wildman–Crippen LogP) is 1.19. The molecule has 7 rings (SSSR count). The van der Waals surface area contributed by atoms with Gasteiger partial charge in [-0.1, -0.05) is 6.92 Å². The Morgan fingerprint density at radius 2 is 1.76 bits per heavy atom. The Morgan fingerprint density at radius 3 is 2.39 bits per heavy atom. The van der Waals surface area contributed by atoms with Gasteiger partial charge in [0.1, 0.15) is 23.2 Å². The third-order valence-corrected chi connectivity index (χ3v) is 12.5. The third-order valence-electron chi connectivity index (χ3n) is 12.5. The zero-order valence-corrected chi connectivity index (χ0v) is 24.2. The summed E-state index contributed by atoms with van der Waals surface area (Å²) < 4.78 is 22.9. The number of rotatable bonds is 7. The van der Waals surface area contributed by atoms with Crippen LogP contribution in [0.3, 0.4) is 0 Å². The maximum Gasteiger partial charge on any atom is 0.338 e. The number of Topliss-reactive ketones (excluding diaryl/α,β-unsaturated/α-hetero) is 1. The van der Waals surface area contributed by atoms with Crippen LogP contribution in [-0.4, -0.2) is 108 Å². The molecule has 3 N–H and O–H groups in total. The van der Waals surface area contributed by atoms with Gasteiger partial charge in [-0.15, -0.1) is 0 Å². The van der Waals surface area contributed by atoms with Gasteiger partial charge in [-0.2, -0.15) is 0 Å². The molecule has 1 aromatic carbocycles. The maximum atomic E-state index is 14.4. The summed E-state index contributed by atoms with van der Waals surface area (Å²) in [6.45, 7) is 3.57. The van der Waals surface area contributed by atoms with Crippen molar-refractivity contribution in [1.82, 2.24) is 4.90 Å². The first-order valence-corrected chi connectivity index (χ1v) is 14.8. The molecular formula is C31H41NO9. The Bertz CT molecular complexity index is 1270. The number of esters is 1. The second kappa shape index (κ2) is 8.74. The smallest absolute Gasteiger partial charge is 0.338 e. The lowest BCUT2D eigenvalue weighted by Gasteiger charge is -2.69. The van der Waals surface area contributed by atoms with Crippen molar-refractivity contribution < 1.29 is 43.9 Å². The molecule has 224 valence electrons. The quantitative estimate of drug-likeness (QED) is 0.410. The molecule has 1 spiro atoms. The summed E-state index contributed by atoms with van der Waals surface area (Å²) in [6.07, 6.45) is -0.660. The number of hydrogen-bond donors (Lipinski definition) is 3. The van der Waals surface area contributed by atoms with Crippen LogP contribution in [-0.2, 0) is 19.0 Å². The van der Waals surface area contributed by atoms with E-state index >= 15 is 0 Å². The monoisotopic (exact) mass is 571 g/mol. The van der Waals surface area contributed by atoms with E-state index in [4.69, 9.17) is 18.9 Å². The molecule has 41 heavy (non-hydrogen) atoms. The molecule has 1 heterocycles. The number of hydrogen-bond acceptors (Lipinski definition) is 10. The first kappa shape index (κ1) is 27.7. The van der Waals surface area contributed by atoms with E-state index in [0.717, 1.165) is 0 Å². The minimum atomic E-state index is -1.64. The first-order valence-electron chi connectivity index (χ1n) is 14.8. The van der Waals surface area contributed by atoms with Crippen molar-refractivity contribution in [3.05, 3.63) is 29.8 Å². The summed E-state index contributed by atoms with van der Waals surface area (Å²) >= 11 is 0. The molecule has 0 amide bonds. The summed E-state index contributed by atoms with van der Waals surface area (Å²) in [4.78, 5) is 30.2. The number of piperidine rings is 1. The van der Waals surface area contributed by atoms with Gasteiger partial charge in [0, 0.05) is 56.9 Å². The molecule has 6 aliphatic rings. The highest BCUT2D eigenvalue weighted by atomic mass is 16.6. The number of carbonyl (C=O) groups is 2. The SMILES string of the molecule is CCN1C[C@]2(COC)CCC(=O)[C@@]34[C@@H]5C[C@@]6(O)[C@@H](OC)C[C@@](O)([C@H]5[C@H]6OC(=O)c5ccc(OC)cc5)[C@@H](C[C@]23O)[C@@H]14. The molecule has 0 aromatic heterocycles. The summed E-state index contributed by atoms with van der Waals surface area (Å²) in [6, 6.07) is 6.12. The molecule has 11 atom stereocenters. The van der Waals surface area contributed by atoms with Crippen LogP contribution in [0, 0.1) is 28.6 Å². The van der Waals surface area contributed by atoms with Crippen molar-refractivity contribution >= 4 is 11.8 Å². The number of nitrogens with zero attached hydrogens (tertiary/aromatic N) is 1. The van der Waals surface area contributed by atoms with Crippen molar-refractivity contribution in [2.45, 2.75) is 74.1 Å². The molecule has 1 aliphatic heterocycles. The maximum absolute atomic E-state index is 14.4. The normalized spacial score (nSPS) is 49.2. The average molecular weight is 572 g/mol. The van der Waals surface area contributed by atoms with Gasteiger partial charge >= 0.3 is 5.97 Å². The second-order valence-corrected chi connectivity index (χ2v) is 13.5. The van der Waals surface area contributed by atoms with Gasteiger partial charge in [-0.25, -0.2) is 4.79 Å². The topological polar surface area (TPSA) is 135 Å². The fourth-order valence-corrected chi connectivity index (χ4v) is 11.1. The van der Waals surface area contributed by atoms with E-state index in [9.17, 15) is 24.9 Å². The van der Waals surface area contributed by atoms with E-state index in [0.29, 0.717) is 38.3 Å². The van der Waals surface area contributed by atoms with Crippen LogP contribution in [0.1, 0.15) is 49.4 Å². The largest absolute Gasteiger partial charge is 0.497 e. The van der Waals surface area contributed by atoms with E-state index < -0.39 is 69.6 Å². The van der Waals surface area contributed by atoms with E-state index in [-0.39, 0.29) is 30.6 Å². The van der Waals surface area contributed by atoms with Crippen LogP contribution in [0.25, 0.3) is 0 Å². The van der Waals surface area contributed by atoms with Gasteiger partial charge in [0.25, 0.3) is 0 Å². The zero-order chi connectivity index (χ0) is 29.2. The van der Waals surface area contributed by atoms with Crippen molar-refractivity contribution in [3.8, 4) is 5.75 Å². The Kier molecular flexibility index (Phi) is 5.91. The van der Waals surface area contributed by atoms with Crippen LogP contribution in [0.4, 0.5) is 0 Å². The van der Waals surface area contributed by atoms with Crippen molar-refractivity contribution in [2.24, 2.45) is 28.6 Å². The fourth-order valence-electron chi connectivity index (χ4n) is 11.1. The van der Waals surface area contributed by atoms with Crippen LogP contribution in [0.5, 0.6) is 5.75 Å². The number of carbonyl (C=O) groups excluding carboxylic acids is 2. The van der Waals surface area contributed by atoms with Crippen LogP contribution < -0.4 is 4.74 Å². The van der Waals surface area contributed by atoms with Crippen LogP contribution in [0.15, 0.2) is 24.3 Å². The van der Waals surface area contributed by atoms with Crippen molar-refractivity contribution in [3.63, 3.8) is 0 Å². The molecule has 0 unspecified atom stereocenters. The van der Waals surface area contributed by atoms with Gasteiger partial charge in [0.15, 0.2) is 0 Å².